The number of hydrogen-bond donors (Lipinski definition) is 2. The Hall–Kier alpha value is -2.82. The van der Waals surface area contributed by atoms with Crippen LogP contribution in [0.3, 0.4) is 0 Å². The molecule has 0 fully saturated rings. The Bertz CT molecular complexity index is 741. The van der Waals surface area contributed by atoms with E-state index in [1.165, 1.54) is 5.56 Å². The molecule has 0 radical (unpaired) electrons. The van der Waals surface area contributed by atoms with Crippen LogP contribution in [0, 0.1) is 13.8 Å². The number of benzene rings is 2. The third-order valence-electron chi connectivity index (χ3n) is 3.60. The number of anilines is 2. The number of carbonyl (C=O) groups excluding carboxylic acids is 2. The molecule has 126 valence electrons. The Labute approximate surface area is 142 Å². The molecule has 2 N–H and O–H groups in total. The average Bonchev–Trinajstić information content (AvgIpc) is 2.56. The second-order valence-corrected chi connectivity index (χ2v) is 5.57. The summed E-state index contributed by atoms with van der Waals surface area (Å²) in [5.74, 6) is 0.222. The molecule has 0 saturated heterocycles. The first-order valence-electron chi connectivity index (χ1n) is 7.87. The van der Waals surface area contributed by atoms with Gasteiger partial charge in [-0.15, -0.1) is 0 Å². The van der Waals surface area contributed by atoms with Crippen molar-refractivity contribution in [3.63, 3.8) is 0 Å². The van der Waals surface area contributed by atoms with Crippen molar-refractivity contribution in [1.29, 1.82) is 0 Å². The van der Waals surface area contributed by atoms with E-state index < -0.39 is 0 Å². The Morgan fingerprint density at radius 2 is 1.62 bits per heavy atom. The molecule has 0 aliphatic rings. The summed E-state index contributed by atoms with van der Waals surface area (Å²) in [7, 11) is 0. The molecule has 0 aromatic heterocycles. The zero-order chi connectivity index (χ0) is 17.5. The molecule has 2 aromatic rings. The van der Waals surface area contributed by atoms with Crippen molar-refractivity contribution in [3.05, 3.63) is 53.6 Å². The summed E-state index contributed by atoms with van der Waals surface area (Å²) in [5.41, 5.74) is 3.69. The number of aryl methyl sites for hydroxylation is 2. The van der Waals surface area contributed by atoms with Crippen molar-refractivity contribution in [2.45, 2.75) is 27.2 Å². The molecule has 0 saturated carbocycles. The number of ether oxygens (including phenoxy) is 1. The van der Waals surface area contributed by atoms with Gasteiger partial charge in [0.05, 0.1) is 0 Å². The Kier molecular flexibility index (Phi) is 5.95. The van der Waals surface area contributed by atoms with E-state index in [9.17, 15) is 9.59 Å². The summed E-state index contributed by atoms with van der Waals surface area (Å²) in [4.78, 5) is 23.4. The minimum Gasteiger partial charge on any atom is -0.484 e. The fourth-order valence-corrected chi connectivity index (χ4v) is 2.08. The average molecular weight is 326 g/mol. The van der Waals surface area contributed by atoms with Crippen LogP contribution in [0.2, 0.25) is 0 Å². The predicted octanol–water partition coefficient (Wildman–Crippen LogP) is 3.67. The van der Waals surface area contributed by atoms with Crippen molar-refractivity contribution in [3.8, 4) is 5.75 Å². The zero-order valence-electron chi connectivity index (χ0n) is 14.2. The Morgan fingerprint density at radius 1 is 0.917 bits per heavy atom. The van der Waals surface area contributed by atoms with Gasteiger partial charge in [-0.2, -0.15) is 0 Å². The zero-order valence-corrected chi connectivity index (χ0v) is 14.2. The van der Waals surface area contributed by atoms with E-state index in [1.54, 1.807) is 31.2 Å². The Balaban J connectivity index is 1.90. The maximum absolute atomic E-state index is 12.0. The topological polar surface area (TPSA) is 67.4 Å². The molecule has 0 unspecified atom stereocenters. The lowest BCUT2D eigenvalue weighted by Crippen LogP contribution is -2.20. The number of hydrogen-bond acceptors (Lipinski definition) is 3. The highest BCUT2D eigenvalue weighted by Gasteiger charge is 2.06. The van der Waals surface area contributed by atoms with Crippen molar-refractivity contribution < 1.29 is 14.3 Å². The first-order chi connectivity index (χ1) is 11.5. The van der Waals surface area contributed by atoms with Gasteiger partial charge >= 0.3 is 0 Å². The van der Waals surface area contributed by atoms with Gasteiger partial charge in [0, 0.05) is 23.9 Å². The fourth-order valence-electron chi connectivity index (χ4n) is 2.08. The minimum absolute atomic E-state index is 0.0698. The lowest BCUT2D eigenvalue weighted by Gasteiger charge is -2.10. The molecule has 0 bridgehead atoms. The Morgan fingerprint density at radius 3 is 2.33 bits per heavy atom. The highest BCUT2D eigenvalue weighted by atomic mass is 16.5. The normalized spacial score (nSPS) is 10.1. The van der Waals surface area contributed by atoms with Crippen LogP contribution in [0.15, 0.2) is 42.5 Å². The van der Waals surface area contributed by atoms with Gasteiger partial charge in [0.25, 0.3) is 5.91 Å². The van der Waals surface area contributed by atoms with E-state index in [4.69, 9.17) is 4.74 Å². The van der Waals surface area contributed by atoms with Crippen molar-refractivity contribution in [1.82, 2.24) is 0 Å². The van der Waals surface area contributed by atoms with Gasteiger partial charge in [-0.1, -0.05) is 19.1 Å². The van der Waals surface area contributed by atoms with Crippen LogP contribution in [-0.2, 0) is 9.59 Å². The van der Waals surface area contributed by atoms with Gasteiger partial charge in [0.15, 0.2) is 6.61 Å². The maximum Gasteiger partial charge on any atom is 0.262 e. The standard InChI is InChI=1S/C19H22N2O3/c1-4-18(22)20-15-6-5-7-17(11-15)24-12-19(23)21-16-9-8-13(2)14(3)10-16/h5-11H,4,12H2,1-3H3,(H,20,22)(H,21,23). The summed E-state index contributed by atoms with van der Waals surface area (Å²) >= 11 is 0. The number of nitrogens with one attached hydrogen (secondary N) is 2. The third-order valence-corrected chi connectivity index (χ3v) is 3.60. The summed E-state index contributed by atoms with van der Waals surface area (Å²) < 4.78 is 5.49. The van der Waals surface area contributed by atoms with Crippen LogP contribution >= 0.6 is 0 Å². The second kappa shape index (κ2) is 8.15. The lowest BCUT2D eigenvalue weighted by molar-refractivity contribution is -0.118. The highest BCUT2D eigenvalue weighted by molar-refractivity contribution is 5.92. The van der Waals surface area contributed by atoms with E-state index in [0.717, 1.165) is 11.3 Å². The van der Waals surface area contributed by atoms with Crippen LogP contribution in [0.4, 0.5) is 11.4 Å². The molecule has 2 rings (SSSR count). The van der Waals surface area contributed by atoms with Crippen LogP contribution in [-0.4, -0.2) is 18.4 Å². The van der Waals surface area contributed by atoms with Gasteiger partial charge in [0.2, 0.25) is 5.91 Å². The van der Waals surface area contributed by atoms with E-state index in [-0.39, 0.29) is 18.4 Å². The second-order valence-electron chi connectivity index (χ2n) is 5.57. The molecule has 0 spiro atoms. The minimum atomic E-state index is -0.235. The molecule has 2 amide bonds. The molecule has 2 aromatic carbocycles. The highest BCUT2D eigenvalue weighted by Crippen LogP contribution is 2.18. The predicted molar refractivity (Wildman–Crippen MR) is 95.4 cm³/mol. The first-order valence-corrected chi connectivity index (χ1v) is 7.87. The first kappa shape index (κ1) is 17.5. The number of amides is 2. The van der Waals surface area contributed by atoms with E-state index in [1.807, 2.05) is 32.0 Å². The lowest BCUT2D eigenvalue weighted by atomic mass is 10.1. The van der Waals surface area contributed by atoms with Crippen LogP contribution < -0.4 is 15.4 Å². The molecule has 0 aliphatic heterocycles. The molecule has 0 aliphatic carbocycles. The van der Waals surface area contributed by atoms with Crippen LogP contribution in [0.25, 0.3) is 0 Å². The molecule has 5 nitrogen and oxygen atoms in total. The van der Waals surface area contributed by atoms with E-state index >= 15 is 0 Å². The summed E-state index contributed by atoms with van der Waals surface area (Å²) in [5, 5.41) is 5.55. The summed E-state index contributed by atoms with van der Waals surface area (Å²) in [6.07, 6.45) is 0.406. The van der Waals surface area contributed by atoms with Gasteiger partial charge in [-0.25, -0.2) is 0 Å². The quantitative estimate of drug-likeness (QED) is 0.851. The fraction of sp³-hybridized carbons (Fsp3) is 0.263. The van der Waals surface area contributed by atoms with Crippen molar-refractivity contribution in [2.75, 3.05) is 17.2 Å². The smallest absolute Gasteiger partial charge is 0.262 e. The van der Waals surface area contributed by atoms with Gasteiger partial charge in [0.1, 0.15) is 5.75 Å². The van der Waals surface area contributed by atoms with Gasteiger partial charge < -0.3 is 15.4 Å². The maximum atomic E-state index is 12.0. The molecule has 0 heterocycles. The monoisotopic (exact) mass is 326 g/mol. The van der Waals surface area contributed by atoms with Crippen LogP contribution in [0.1, 0.15) is 24.5 Å². The molecule has 5 heteroatoms. The SMILES string of the molecule is CCC(=O)Nc1cccc(OCC(=O)Nc2ccc(C)c(C)c2)c1. The van der Waals surface area contributed by atoms with E-state index in [2.05, 4.69) is 10.6 Å². The summed E-state index contributed by atoms with van der Waals surface area (Å²) in [6, 6.07) is 12.7. The molecular weight excluding hydrogens is 304 g/mol. The third kappa shape index (κ3) is 5.12. The van der Waals surface area contributed by atoms with Gasteiger partial charge in [-0.05, 0) is 49.2 Å². The van der Waals surface area contributed by atoms with E-state index in [0.29, 0.717) is 17.9 Å². The number of rotatable bonds is 6. The van der Waals surface area contributed by atoms with Gasteiger partial charge in [-0.3, -0.25) is 9.59 Å². The summed E-state index contributed by atoms with van der Waals surface area (Å²) in [6.45, 7) is 5.71. The van der Waals surface area contributed by atoms with Crippen molar-refractivity contribution >= 4 is 23.2 Å². The largest absolute Gasteiger partial charge is 0.484 e. The molecule has 24 heavy (non-hydrogen) atoms. The van der Waals surface area contributed by atoms with Crippen LogP contribution in [0.5, 0.6) is 5.75 Å². The molecular formula is C19H22N2O3. The van der Waals surface area contributed by atoms with Crippen molar-refractivity contribution in [2.24, 2.45) is 0 Å². The molecule has 0 atom stereocenters. The number of carbonyl (C=O) groups is 2.